The van der Waals surface area contributed by atoms with Gasteiger partial charge in [-0.1, -0.05) is 13.8 Å². The van der Waals surface area contributed by atoms with Gasteiger partial charge in [-0.3, -0.25) is 14.9 Å². The molecule has 2 N–H and O–H groups in total. The van der Waals surface area contributed by atoms with Crippen LogP contribution in [-0.2, 0) is 4.79 Å². The zero-order valence-corrected chi connectivity index (χ0v) is 12.7. The van der Waals surface area contributed by atoms with Crippen LogP contribution in [0, 0.1) is 21.8 Å². The van der Waals surface area contributed by atoms with Gasteiger partial charge in [-0.25, -0.2) is 9.18 Å². The van der Waals surface area contributed by atoms with E-state index in [-0.39, 0.29) is 10.0 Å². The van der Waals surface area contributed by atoms with Crippen molar-refractivity contribution in [3.05, 3.63) is 38.1 Å². The maximum atomic E-state index is 13.4. The third-order valence-corrected chi connectivity index (χ3v) is 3.51. The lowest BCUT2D eigenvalue weighted by atomic mass is 10.0. The highest BCUT2D eigenvalue weighted by molar-refractivity contribution is 9.10. The van der Waals surface area contributed by atoms with Crippen molar-refractivity contribution in [3.8, 4) is 0 Å². The van der Waals surface area contributed by atoms with E-state index >= 15 is 0 Å². The van der Waals surface area contributed by atoms with Gasteiger partial charge >= 0.3 is 5.97 Å². The molecule has 0 unspecified atom stereocenters. The molecule has 21 heavy (non-hydrogen) atoms. The number of amides is 1. The van der Waals surface area contributed by atoms with Crippen LogP contribution in [0.3, 0.4) is 0 Å². The fraction of sp³-hybridized carbons (Fsp3) is 0.333. The summed E-state index contributed by atoms with van der Waals surface area (Å²) in [5.41, 5.74) is -0.954. The largest absolute Gasteiger partial charge is 0.480 e. The molecular formula is C12H12BrFN2O5. The molecule has 0 spiro atoms. The molecule has 0 saturated heterocycles. The minimum Gasteiger partial charge on any atom is -0.480 e. The number of nitro benzene ring substituents is 1. The van der Waals surface area contributed by atoms with Crippen molar-refractivity contribution >= 4 is 33.5 Å². The Morgan fingerprint density at radius 3 is 2.43 bits per heavy atom. The molecule has 0 fully saturated rings. The summed E-state index contributed by atoms with van der Waals surface area (Å²) in [7, 11) is 0. The average Bonchev–Trinajstić information content (AvgIpc) is 2.36. The van der Waals surface area contributed by atoms with Crippen LogP contribution in [0.15, 0.2) is 16.6 Å². The Morgan fingerprint density at radius 2 is 2.00 bits per heavy atom. The fourth-order valence-corrected chi connectivity index (χ4v) is 2.16. The predicted octanol–water partition coefficient (Wildman–Crippen LogP) is 2.34. The molecule has 0 heterocycles. The molecule has 0 bridgehead atoms. The fourth-order valence-electron chi connectivity index (χ4n) is 1.61. The van der Waals surface area contributed by atoms with Crippen molar-refractivity contribution in [3.63, 3.8) is 0 Å². The molecule has 0 radical (unpaired) electrons. The first-order valence-corrected chi connectivity index (χ1v) is 6.61. The summed E-state index contributed by atoms with van der Waals surface area (Å²) >= 11 is 2.86. The zero-order valence-electron chi connectivity index (χ0n) is 11.1. The molecule has 0 aliphatic rings. The van der Waals surface area contributed by atoms with Gasteiger partial charge < -0.3 is 10.4 Å². The van der Waals surface area contributed by atoms with Crippen LogP contribution in [0.2, 0.25) is 0 Å². The van der Waals surface area contributed by atoms with E-state index in [4.69, 9.17) is 5.11 Å². The van der Waals surface area contributed by atoms with Crippen molar-refractivity contribution in [2.45, 2.75) is 19.9 Å². The van der Waals surface area contributed by atoms with E-state index in [1.54, 1.807) is 13.8 Å². The van der Waals surface area contributed by atoms with E-state index in [0.29, 0.717) is 6.07 Å². The molecule has 0 aliphatic carbocycles. The monoisotopic (exact) mass is 362 g/mol. The van der Waals surface area contributed by atoms with E-state index in [0.717, 1.165) is 6.07 Å². The maximum absolute atomic E-state index is 13.4. The van der Waals surface area contributed by atoms with Gasteiger partial charge in [0.2, 0.25) is 0 Å². The average molecular weight is 363 g/mol. The number of benzene rings is 1. The number of halogens is 2. The molecule has 0 aromatic heterocycles. The molecule has 1 rings (SSSR count). The second-order valence-corrected chi connectivity index (χ2v) is 5.37. The number of aliphatic carboxylic acids is 1. The van der Waals surface area contributed by atoms with Crippen LogP contribution in [-0.4, -0.2) is 27.9 Å². The van der Waals surface area contributed by atoms with Gasteiger partial charge in [0, 0.05) is 0 Å². The third-order valence-electron chi connectivity index (χ3n) is 2.68. The summed E-state index contributed by atoms with van der Waals surface area (Å²) in [4.78, 5) is 33.0. The van der Waals surface area contributed by atoms with Gasteiger partial charge in [0.05, 0.1) is 16.6 Å². The summed E-state index contributed by atoms with van der Waals surface area (Å²) in [6.45, 7) is 3.17. The first kappa shape index (κ1) is 17.0. The lowest BCUT2D eigenvalue weighted by molar-refractivity contribution is -0.385. The van der Waals surface area contributed by atoms with Crippen molar-refractivity contribution in [2.24, 2.45) is 5.92 Å². The number of nitrogens with zero attached hydrogens (tertiary/aromatic N) is 1. The summed E-state index contributed by atoms with van der Waals surface area (Å²) in [6, 6.07) is 0.274. The van der Waals surface area contributed by atoms with Crippen LogP contribution in [0.4, 0.5) is 10.1 Å². The van der Waals surface area contributed by atoms with Gasteiger partial charge in [0.1, 0.15) is 16.3 Å². The van der Waals surface area contributed by atoms with E-state index in [1.807, 2.05) is 0 Å². The van der Waals surface area contributed by atoms with E-state index in [2.05, 4.69) is 21.2 Å². The van der Waals surface area contributed by atoms with Crippen LogP contribution >= 0.6 is 15.9 Å². The van der Waals surface area contributed by atoms with Crippen molar-refractivity contribution in [1.29, 1.82) is 0 Å². The Bertz CT molecular complexity index is 606. The normalized spacial score (nSPS) is 12.0. The molecule has 9 heteroatoms. The third kappa shape index (κ3) is 3.97. The topological polar surface area (TPSA) is 110 Å². The Balaban J connectivity index is 3.19. The molecular weight excluding hydrogens is 351 g/mol. The van der Waals surface area contributed by atoms with Crippen LogP contribution in [0.1, 0.15) is 24.2 Å². The van der Waals surface area contributed by atoms with Crippen molar-refractivity contribution in [2.75, 3.05) is 0 Å². The van der Waals surface area contributed by atoms with E-state index in [9.17, 15) is 24.1 Å². The van der Waals surface area contributed by atoms with Gasteiger partial charge in [0.25, 0.3) is 11.6 Å². The predicted molar refractivity (Wildman–Crippen MR) is 74.5 cm³/mol. The zero-order chi connectivity index (χ0) is 16.3. The van der Waals surface area contributed by atoms with Crippen LogP contribution < -0.4 is 5.32 Å². The summed E-state index contributed by atoms with van der Waals surface area (Å²) < 4.78 is 13.2. The number of nitro groups is 1. The second-order valence-electron chi connectivity index (χ2n) is 4.58. The molecule has 1 amide bonds. The Labute approximate surface area is 127 Å². The SMILES string of the molecule is CC(C)[C@H](NC(=O)c1cc(F)cc([N+](=O)[O-])c1Br)C(=O)O. The smallest absolute Gasteiger partial charge is 0.326 e. The number of hydrogen-bond donors (Lipinski definition) is 2. The minimum atomic E-state index is -1.25. The van der Waals surface area contributed by atoms with Crippen LogP contribution in [0.5, 0.6) is 0 Å². The Morgan fingerprint density at radius 1 is 1.43 bits per heavy atom. The number of nitrogens with one attached hydrogen (secondary N) is 1. The number of carboxylic acid groups (broad SMARTS) is 1. The highest BCUT2D eigenvalue weighted by atomic mass is 79.9. The van der Waals surface area contributed by atoms with Crippen molar-refractivity contribution < 1.29 is 24.0 Å². The summed E-state index contributed by atoms with van der Waals surface area (Å²) in [5, 5.41) is 22.0. The highest BCUT2D eigenvalue weighted by Crippen LogP contribution is 2.29. The number of rotatable bonds is 5. The number of carbonyl (C=O) groups is 2. The van der Waals surface area contributed by atoms with Crippen molar-refractivity contribution in [1.82, 2.24) is 5.32 Å². The number of hydrogen-bond acceptors (Lipinski definition) is 4. The standard InChI is InChI=1S/C12H12BrFN2O5/c1-5(2)10(12(18)19)15-11(17)7-3-6(14)4-8(9(7)13)16(20)21/h3-5,10H,1-2H3,(H,15,17)(H,18,19)/t10-/m0/s1. The van der Waals surface area contributed by atoms with Gasteiger partial charge in [-0.2, -0.15) is 0 Å². The van der Waals surface area contributed by atoms with Gasteiger partial charge in [-0.15, -0.1) is 0 Å². The molecule has 0 aliphatic heterocycles. The first-order valence-electron chi connectivity index (χ1n) is 5.82. The Hall–Kier alpha value is -2.03. The lowest BCUT2D eigenvalue weighted by Gasteiger charge is -2.18. The maximum Gasteiger partial charge on any atom is 0.326 e. The first-order chi connectivity index (χ1) is 9.65. The molecule has 7 nitrogen and oxygen atoms in total. The van der Waals surface area contributed by atoms with Gasteiger partial charge in [0.15, 0.2) is 0 Å². The summed E-state index contributed by atoms with van der Waals surface area (Å²) in [5.74, 6) is -3.54. The number of carboxylic acids is 1. The summed E-state index contributed by atoms with van der Waals surface area (Å²) in [6.07, 6.45) is 0. The van der Waals surface area contributed by atoms with E-state index < -0.39 is 40.3 Å². The number of carbonyl (C=O) groups excluding carboxylic acids is 1. The molecule has 1 aromatic rings. The van der Waals surface area contributed by atoms with Crippen LogP contribution in [0.25, 0.3) is 0 Å². The van der Waals surface area contributed by atoms with Gasteiger partial charge in [-0.05, 0) is 27.9 Å². The molecule has 1 aromatic carbocycles. The minimum absolute atomic E-state index is 0.209. The molecule has 1 atom stereocenters. The molecule has 114 valence electrons. The second kappa shape index (κ2) is 6.61. The van der Waals surface area contributed by atoms with E-state index in [1.165, 1.54) is 0 Å². The lowest BCUT2D eigenvalue weighted by Crippen LogP contribution is -2.44. The Kier molecular flexibility index (Phi) is 5.36. The highest BCUT2D eigenvalue weighted by Gasteiger charge is 2.27. The molecule has 0 saturated carbocycles. The quantitative estimate of drug-likeness (QED) is 0.616.